The van der Waals surface area contributed by atoms with Crippen molar-refractivity contribution in [1.29, 1.82) is 0 Å². The zero-order valence-electron chi connectivity index (χ0n) is 13.8. The minimum Gasteiger partial charge on any atom is -0.394 e. The summed E-state index contributed by atoms with van der Waals surface area (Å²) in [6.07, 6.45) is -7.79. The molecule has 4 unspecified atom stereocenters. The molecule has 2 bridgehead atoms. The average molecular weight is 368 g/mol. The second-order valence-corrected chi connectivity index (χ2v) is 6.38. The van der Waals surface area contributed by atoms with Gasteiger partial charge >= 0.3 is 0 Å². The summed E-state index contributed by atoms with van der Waals surface area (Å²) < 4.78 is 27.5. The van der Waals surface area contributed by atoms with Gasteiger partial charge in [0.25, 0.3) is 0 Å². The molecule has 3 rings (SSSR count). The fraction of sp³-hybridized carbons (Fsp3) is 1.00. The summed E-state index contributed by atoms with van der Waals surface area (Å²) in [6.45, 7) is 1.40. The van der Waals surface area contributed by atoms with Crippen LogP contribution in [-0.2, 0) is 33.6 Å². The molecule has 4 N–H and O–H groups in total. The highest BCUT2D eigenvalue weighted by atomic mass is 17.5. The fourth-order valence-corrected chi connectivity index (χ4v) is 3.51. The second kappa shape index (κ2) is 8.06. The van der Waals surface area contributed by atoms with Gasteiger partial charge in [-0.25, -0.2) is 5.26 Å². The minimum absolute atomic E-state index is 0.206. The quantitative estimate of drug-likeness (QED) is 0.305. The number of rotatable bonds is 6. The number of aliphatic hydroxyl groups excluding tert-OH is 3. The molecule has 3 aliphatic rings. The summed E-state index contributed by atoms with van der Waals surface area (Å²) in [4.78, 5) is 4.66. The Morgan fingerprint density at radius 2 is 1.84 bits per heavy atom. The predicted octanol–water partition coefficient (Wildman–Crippen LogP) is -1.99. The van der Waals surface area contributed by atoms with E-state index >= 15 is 0 Å². The van der Waals surface area contributed by atoms with Crippen LogP contribution in [0, 0.1) is 5.92 Å². The third-order valence-corrected chi connectivity index (χ3v) is 4.94. The average Bonchev–Trinajstić information content (AvgIpc) is 2.92. The maximum absolute atomic E-state index is 10.4. The van der Waals surface area contributed by atoms with Crippen molar-refractivity contribution in [3.8, 4) is 0 Å². The molecule has 0 aliphatic carbocycles. The van der Waals surface area contributed by atoms with E-state index in [9.17, 15) is 15.3 Å². The first-order valence-corrected chi connectivity index (χ1v) is 8.06. The molecule has 3 aliphatic heterocycles. The van der Waals surface area contributed by atoms with Crippen molar-refractivity contribution < 1.29 is 54.2 Å². The van der Waals surface area contributed by atoms with Crippen molar-refractivity contribution in [2.45, 2.75) is 62.2 Å². The Kier molecular flexibility index (Phi) is 6.23. The second-order valence-electron chi connectivity index (χ2n) is 6.38. The predicted molar refractivity (Wildman–Crippen MR) is 75.8 cm³/mol. The Balaban J connectivity index is 1.68. The zero-order valence-corrected chi connectivity index (χ0v) is 13.8. The van der Waals surface area contributed by atoms with Crippen molar-refractivity contribution in [3.05, 3.63) is 0 Å². The van der Waals surface area contributed by atoms with Gasteiger partial charge in [-0.05, 0) is 0 Å². The Hall–Kier alpha value is -0.440. The van der Waals surface area contributed by atoms with Gasteiger partial charge in [0.1, 0.15) is 42.7 Å². The molecule has 3 heterocycles. The third kappa shape index (κ3) is 3.55. The normalized spacial score (nSPS) is 50.2. The number of hydrogen-bond acceptors (Lipinski definition) is 11. The first kappa shape index (κ1) is 19.3. The van der Waals surface area contributed by atoms with E-state index in [0.29, 0.717) is 0 Å². The third-order valence-electron chi connectivity index (χ3n) is 4.94. The van der Waals surface area contributed by atoms with Gasteiger partial charge in [0, 0.05) is 13.0 Å². The number of ether oxygens (including phenoxy) is 5. The molecule has 0 aromatic heterocycles. The molecule has 0 amide bonds. The van der Waals surface area contributed by atoms with Gasteiger partial charge in [0.2, 0.25) is 0 Å². The van der Waals surface area contributed by atoms with E-state index < -0.39 is 67.8 Å². The lowest BCUT2D eigenvalue weighted by Crippen LogP contribution is -2.60. The van der Waals surface area contributed by atoms with Crippen LogP contribution in [0.2, 0.25) is 0 Å². The summed E-state index contributed by atoms with van der Waals surface area (Å²) in [5.41, 5.74) is 0. The number of hydrogen-bond donors (Lipinski definition) is 4. The summed E-state index contributed by atoms with van der Waals surface area (Å²) in [7, 11) is 1.42. The van der Waals surface area contributed by atoms with Gasteiger partial charge in [-0.2, -0.15) is 4.89 Å². The highest BCUT2D eigenvalue weighted by Crippen LogP contribution is 2.36. The smallest absolute Gasteiger partial charge is 0.186 e. The highest BCUT2D eigenvalue weighted by molar-refractivity contribution is 4.97. The topological polar surface area (TPSA) is 146 Å². The van der Waals surface area contributed by atoms with Crippen LogP contribution < -0.4 is 0 Å². The number of fused-ring (bicyclic) bond motifs is 2. The van der Waals surface area contributed by atoms with Gasteiger partial charge in [0.05, 0.1) is 13.2 Å². The molecule has 0 aromatic carbocycles. The fourth-order valence-electron chi connectivity index (χ4n) is 3.51. The highest BCUT2D eigenvalue weighted by Gasteiger charge is 2.54. The van der Waals surface area contributed by atoms with Crippen LogP contribution in [-0.4, -0.2) is 96.2 Å². The van der Waals surface area contributed by atoms with Gasteiger partial charge in [-0.1, -0.05) is 12.0 Å². The van der Waals surface area contributed by atoms with Gasteiger partial charge < -0.3 is 39.0 Å². The summed E-state index contributed by atoms with van der Waals surface area (Å²) >= 11 is 0. The maximum Gasteiger partial charge on any atom is 0.186 e. The SMILES string of the molecule is CO[C@H]1OC2CO[C@@H](C1O)[C@H]2OC1OC(CO)[C@H](OOO)[C@H](C)[C@@H]1O. The molecule has 3 saturated heterocycles. The molecule has 0 spiro atoms. The molecular formula is C14H24O11. The van der Waals surface area contributed by atoms with E-state index in [-0.39, 0.29) is 6.61 Å². The Labute approximate surface area is 143 Å². The Morgan fingerprint density at radius 3 is 2.48 bits per heavy atom. The van der Waals surface area contributed by atoms with Crippen LogP contribution in [0.15, 0.2) is 0 Å². The molecular weight excluding hydrogens is 344 g/mol. The largest absolute Gasteiger partial charge is 0.394 e. The monoisotopic (exact) mass is 368 g/mol. The lowest BCUT2D eigenvalue weighted by Gasteiger charge is -2.44. The van der Waals surface area contributed by atoms with Crippen molar-refractivity contribution in [2.24, 2.45) is 5.92 Å². The minimum atomic E-state index is -1.14. The lowest BCUT2D eigenvalue weighted by atomic mass is 9.90. The molecule has 25 heavy (non-hydrogen) atoms. The zero-order chi connectivity index (χ0) is 18.1. The van der Waals surface area contributed by atoms with Crippen molar-refractivity contribution >= 4 is 0 Å². The molecule has 0 saturated carbocycles. The molecule has 146 valence electrons. The molecule has 0 aromatic rings. The van der Waals surface area contributed by atoms with E-state index in [1.54, 1.807) is 6.92 Å². The van der Waals surface area contributed by atoms with Crippen molar-refractivity contribution in [3.63, 3.8) is 0 Å². The first-order chi connectivity index (χ1) is 12.0. The van der Waals surface area contributed by atoms with E-state index in [0.717, 1.165) is 0 Å². The van der Waals surface area contributed by atoms with Crippen LogP contribution in [0.25, 0.3) is 0 Å². The van der Waals surface area contributed by atoms with E-state index in [4.69, 9.17) is 28.9 Å². The lowest BCUT2D eigenvalue weighted by molar-refractivity contribution is -0.524. The molecule has 10 atom stereocenters. The van der Waals surface area contributed by atoms with Crippen LogP contribution in [0.1, 0.15) is 6.92 Å². The van der Waals surface area contributed by atoms with E-state index in [1.807, 2.05) is 0 Å². The van der Waals surface area contributed by atoms with Crippen LogP contribution in [0.4, 0.5) is 0 Å². The summed E-state index contributed by atoms with van der Waals surface area (Å²) in [5.74, 6) is -0.581. The summed E-state index contributed by atoms with van der Waals surface area (Å²) in [6, 6.07) is 0. The van der Waals surface area contributed by atoms with Gasteiger partial charge in [-0.3, -0.25) is 0 Å². The molecule has 11 heteroatoms. The Bertz CT molecular complexity index is 435. The first-order valence-electron chi connectivity index (χ1n) is 8.06. The van der Waals surface area contributed by atoms with Gasteiger partial charge in [-0.15, -0.1) is 0 Å². The van der Waals surface area contributed by atoms with Gasteiger partial charge in [0.15, 0.2) is 12.6 Å². The van der Waals surface area contributed by atoms with Crippen LogP contribution in [0.3, 0.4) is 0 Å². The molecule has 3 fully saturated rings. The van der Waals surface area contributed by atoms with E-state index in [1.165, 1.54) is 7.11 Å². The molecule has 11 nitrogen and oxygen atoms in total. The molecule has 0 radical (unpaired) electrons. The maximum atomic E-state index is 10.4. The van der Waals surface area contributed by atoms with Crippen molar-refractivity contribution in [2.75, 3.05) is 20.3 Å². The Morgan fingerprint density at radius 1 is 1.08 bits per heavy atom. The summed E-state index contributed by atoms with van der Waals surface area (Å²) in [5, 5.41) is 42.2. The van der Waals surface area contributed by atoms with Crippen LogP contribution in [0.5, 0.6) is 0 Å². The van der Waals surface area contributed by atoms with Crippen LogP contribution >= 0.6 is 0 Å². The van der Waals surface area contributed by atoms with Crippen molar-refractivity contribution in [1.82, 2.24) is 0 Å². The van der Waals surface area contributed by atoms with E-state index in [2.05, 4.69) is 9.93 Å². The number of methoxy groups -OCH3 is 1. The standard InChI is InChI=1S/C14H24O11/c1-5-8(16)14(21-6(3-15)10(5)24-25-18)23-11-7-4-20-12(11)9(17)13(19-2)22-7/h5-18H,3-4H2,1-2H3/t5-,6?,7?,8+,9?,10-,11+,12+,13+,14?/m1/s1. The number of aliphatic hydroxyl groups is 3.